The van der Waals surface area contributed by atoms with Gasteiger partial charge < -0.3 is 20.1 Å². The lowest BCUT2D eigenvalue weighted by Crippen LogP contribution is -2.38. The molecule has 9 heteroatoms. The molecular formula is C21H24F3N3O3. The van der Waals surface area contributed by atoms with Crippen LogP contribution in [0.15, 0.2) is 24.3 Å². The fraction of sp³-hybridized carbons (Fsp3) is 0.429. The third-order valence-electron chi connectivity index (χ3n) is 5.02. The maximum Gasteiger partial charge on any atom is 0.416 e. The molecule has 0 saturated carbocycles. The second-order valence-electron chi connectivity index (χ2n) is 6.99. The maximum atomic E-state index is 12.9. The maximum absolute atomic E-state index is 12.9. The summed E-state index contributed by atoms with van der Waals surface area (Å²) in [6, 6.07) is 4.98. The predicted molar refractivity (Wildman–Crippen MR) is 106 cm³/mol. The number of morpholine rings is 1. The molecule has 6 nitrogen and oxygen atoms in total. The average molecular weight is 423 g/mol. The number of anilines is 1. The molecule has 2 N–H and O–H groups in total. The molecule has 1 aromatic heterocycles. The number of pyridine rings is 1. The Morgan fingerprint density at radius 3 is 2.40 bits per heavy atom. The zero-order valence-corrected chi connectivity index (χ0v) is 16.9. The summed E-state index contributed by atoms with van der Waals surface area (Å²) in [7, 11) is 0. The van der Waals surface area contributed by atoms with Gasteiger partial charge in [-0.3, -0.25) is 4.79 Å². The molecule has 1 aromatic carbocycles. The van der Waals surface area contributed by atoms with E-state index >= 15 is 0 Å². The molecule has 30 heavy (non-hydrogen) atoms. The molecule has 0 unspecified atom stereocenters. The van der Waals surface area contributed by atoms with Crippen LogP contribution in [0.4, 0.5) is 19.0 Å². The van der Waals surface area contributed by atoms with Crippen LogP contribution in [0.2, 0.25) is 0 Å². The molecule has 3 rings (SSSR count). The van der Waals surface area contributed by atoms with Crippen molar-refractivity contribution < 1.29 is 27.4 Å². The molecule has 0 radical (unpaired) electrons. The number of carbonyl (C=O) groups is 1. The molecule has 2 aromatic rings. The number of alkyl halides is 3. The van der Waals surface area contributed by atoms with Crippen LogP contribution >= 0.6 is 0 Å². The minimum atomic E-state index is -4.40. The molecule has 0 aliphatic carbocycles. The number of ether oxygens (including phenoxy) is 2. The summed E-state index contributed by atoms with van der Waals surface area (Å²) in [5, 5.41) is 0. The first-order valence-electron chi connectivity index (χ1n) is 9.67. The minimum Gasteiger partial charge on any atom is -0.477 e. The molecule has 0 atom stereocenters. The van der Waals surface area contributed by atoms with E-state index in [-0.39, 0.29) is 11.4 Å². The van der Waals surface area contributed by atoms with Crippen molar-refractivity contribution in [2.24, 2.45) is 5.73 Å². The topological polar surface area (TPSA) is 77.7 Å². The van der Waals surface area contributed by atoms with Gasteiger partial charge in [0.25, 0.3) is 5.91 Å². The number of hydrogen-bond acceptors (Lipinski definition) is 5. The van der Waals surface area contributed by atoms with Gasteiger partial charge in [0, 0.05) is 25.1 Å². The van der Waals surface area contributed by atoms with Gasteiger partial charge in [0.15, 0.2) is 0 Å². The predicted octanol–water partition coefficient (Wildman–Crippen LogP) is 3.33. The van der Waals surface area contributed by atoms with Crippen molar-refractivity contribution in [3.05, 3.63) is 52.1 Å². The number of halogens is 3. The molecule has 1 saturated heterocycles. The fourth-order valence-corrected chi connectivity index (χ4v) is 3.49. The van der Waals surface area contributed by atoms with E-state index in [1.807, 2.05) is 4.90 Å². The number of aromatic nitrogens is 1. The van der Waals surface area contributed by atoms with Gasteiger partial charge in [0.2, 0.25) is 5.88 Å². The molecule has 2 heterocycles. The van der Waals surface area contributed by atoms with E-state index in [2.05, 4.69) is 4.98 Å². The van der Waals surface area contributed by atoms with Crippen molar-refractivity contribution in [2.45, 2.75) is 26.4 Å². The fourth-order valence-electron chi connectivity index (χ4n) is 3.49. The SMILES string of the molecule is CCOc1nc(N2CCOCC2)c(Cc2ccc(C(F)(F)F)cc2)c(C)c1C(N)=O. The Bertz CT molecular complexity index is 908. The quantitative estimate of drug-likeness (QED) is 0.771. The molecule has 1 aliphatic rings. The Labute approximate surface area is 172 Å². The minimum absolute atomic E-state index is 0.167. The number of nitrogens with two attached hydrogens (primary N) is 1. The highest BCUT2D eigenvalue weighted by molar-refractivity contribution is 5.97. The third kappa shape index (κ3) is 4.67. The van der Waals surface area contributed by atoms with Gasteiger partial charge in [-0.2, -0.15) is 18.2 Å². The monoisotopic (exact) mass is 423 g/mol. The molecule has 1 amide bonds. The summed E-state index contributed by atoms with van der Waals surface area (Å²) in [6.07, 6.45) is -4.09. The van der Waals surface area contributed by atoms with Crippen molar-refractivity contribution in [1.29, 1.82) is 0 Å². The lowest BCUT2D eigenvalue weighted by atomic mass is 9.96. The summed E-state index contributed by atoms with van der Waals surface area (Å²) in [4.78, 5) is 18.7. The number of rotatable bonds is 6. The van der Waals surface area contributed by atoms with E-state index in [0.717, 1.165) is 17.7 Å². The largest absolute Gasteiger partial charge is 0.477 e. The highest BCUT2D eigenvalue weighted by Gasteiger charge is 2.30. The molecule has 0 bridgehead atoms. The van der Waals surface area contributed by atoms with Gasteiger partial charge in [0.1, 0.15) is 11.4 Å². The summed E-state index contributed by atoms with van der Waals surface area (Å²) >= 11 is 0. The first-order chi connectivity index (χ1) is 14.2. The van der Waals surface area contributed by atoms with Crippen molar-refractivity contribution in [3.8, 4) is 5.88 Å². The highest BCUT2D eigenvalue weighted by atomic mass is 19.4. The van der Waals surface area contributed by atoms with Crippen LogP contribution in [0.1, 0.15) is 39.5 Å². The molecular weight excluding hydrogens is 399 g/mol. The standard InChI is InChI=1S/C21H24F3N3O3/c1-3-30-20-17(18(25)28)13(2)16(19(26-20)27-8-10-29-11-9-27)12-14-4-6-15(7-5-14)21(22,23)24/h4-7H,3,8-12H2,1-2H3,(H2,25,28). The van der Waals surface area contributed by atoms with Crippen LogP contribution in [0.3, 0.4) is 0 Å². The van der Waals surface area contributed by atoms with Crippen LogP contribution in [0.25, 0.3) is 0 Å². The second kappa shape index (κ2) is 8.91. The van der Waals surface area contributed by atoms with Crippen LogP contribution < -0.4 is 15.4 Å². The summed E-state index contributed by atoms with van der Waals surface area (Å²) < 4.78 is 49.6. The van der Waals surface area contributed by atoms with Crippen LogP contribution in [0.5, 0.6) is 5.88 Å². The van der Waals surface area contributed by atoms with Gasteiger partial charge in [-0.15, -0.1) is 0 Å². The normalized spacial score (nSPS) is 14.6. The van der Waals surface area contributed by atoms with Gasteiger partial charge in [-0.1, -0.05) is 12.1 Å². The lowest BCUT2D eigenvalue weighted by molar-refractivity contribution is -0.137. The van der Waals surface area contributed by atoms with Crippen molar-refractivity contribution in [1.82, 2.24) is 4.98 Å². The Kier molecular flexibility index (Phi) is 6.50. The van der Waals surface area contributed by atoms with Gasteiger partial charge >= 0.3 is 6.18 Å². The van der Waals surface area contributed by atoms with Crippen LogP contribution in [-0.4, -0.2) is 43.8 Å². The number of carbonyl (C=O) groups excluding carboxylic acids is 1. The Morgan fingerprint density at radius 2 is 1.87 bits per heavy atom. The zero-order chi connectivity index (χ0) is 21.9. The summed E-state index contributed by atoms with van der Waals surface area (Å²) in [6.45, 7) is 6.12. The van der Waals surface area contributed by atoms with Crippen molar-refractivity contribution in [3.63, 3.8) is 0 Å². The Hall–Kier alpha value is -2.81. The second-order valence-corrected chi connectivity index (χ2v) is 6.99. The number of benzene rings is 1. The van der Waals surface area contributed by atoms with E-state index < -0.39 is 17.6 Å². The van der Waals surface area contributed by atoms with E-state index in [1.165, 1.54) is 12.1 Å². The zero-order valence-electron chi connectivity index (χ0n) is 16.9. The lowest BCUT2D eigenvalue weighted by Gasteiger charge is -2.31. The van der Waals surface area contributed by atoms with Crippen molar-refractivity contribution in [2.75, 3.05) is 37.8 Å². The highest BCUT2D eigenvalue weighted by Crippen LogP contribution is 2.34. The third-order valence-corrected chi connectivity index (χ3v) is 5.02. The number of hydrogen-bond donors (Lipinski definition) is 1. The van der Waals surface area contributed by atoms with E-state index in [1.54, 1.807) is 13.8 Å². The smallest absolute Gasteiger partial charge is 0.416 e. The van der Waals surface area contributed by atoms with E-state index in [0.29, 0.717) is 56.3 Å². The molecule has 162 valence electrons. The average Bonchev–Trinajstić information content (AvgIpc) is 2.70. The molecule has 0 spiro atoms. The van der Waals surface area contributed by atoms with E-state index in [4.69, 9.17) is 15.2 Å². The summed E-state index contributed by atoms with van der Waals surface area (Å²) in [5.74, 6) is 0.134. The first-order valence-corrected chi connectivity index (χ1v) is 9.67. The Morgan fingerprint density at radius 1 is 1.23 bits per heavy atom. The van der Waals surface area contributed by atoms with E-state index in [9.17, 15) is 18.0 Å². The number of amides is 1. The first kappa shape index (κ1) is 21.9. The van der Waals surface area contributed by atoms with Crippen molar-refractivity contribution >= 4 is 11.7 Å². The summed E-state index contributed by atoms with van der Waals surface area (Å²) in [5.41, 5.74) is 7.08. The van der Waals surface area contributed by atoms with Gasteiger partial charge in [-0.05, 0) is 37.1 Å². The Balaban J connectivity index is 2.08. The van der Waals surface area contributed by atoms with Gasteiger partial charge in [-0.25, -0.2) is 0 Å². The molecule has 1 aliphatic heterocycles. The van der Waals surface area contributed by atoms with Gasteiger partial charge in [0.05, 0.1) is 25.4 Å². The molecule has 1 fully saturated rings. The number of primary amides is 1. The van der Waals surface area contributed by atoms with Crippen LogP contribution in [-0.2, 0) is 17.3 Å². The number of nitrogens with zero attached hydrogens (tertiary/aromatic N) is 2. The van der Waals surface area contributed by atoms with Crippen LogP contribution in [0, 0.1) is 6.92 Å².